The van der Waals surface area contributed by atoms with E-state index in [4.69, 9.17) is 11.5 Å². The molecular weight excluding hydrogens is 226 g/mol. The van der Waals surface area contributed by atoms with Crippen LogP contribution >= 0.6 is 0 Å². The molecule has 4 nitrogen and oxygen atoms in total. The SMILES string of the molecule is NCC1CCCCC1Nc1ccc(C(N)=O)cc1. The molecule has 0 spiro atoms. The lowest BCUT2D eigenvalue weighted by atomic mass is 9.84. The van der Waals surface area contributed by atoms with E-state index in [-0.39, 0.29) is 5.91 Å². The molecule has 98 valence electrons. The quantitative estimate of drug-likeness (QED) is 0.757. The van der Waals surface area contributed by atoms with Crippen molar-refractivity contribution in [2.45, 2.75) is 31.7 Å². The molecule has 0 radical (unpaired) electrons. The molecule has 0 bridgehead atoms. The molecule has 2 atom stereocenters. The van der Waals surface area contributed by atoms with Gasteiger partial charge in [-0.1, -0.05) is 12.8 Å². The fraction of sp³-hybridized carbons (Fsp3) is 0.500. The third-order valence-electron chi connectivity index (χ3n) is 3.73. The number of nitrogens with two attached hydrogens (primary N) is 2. The van der Waals surface area contributed by atoms with Crippen LogP contribution in [-0.4, -0.2) is 18.5 Å². The van der Waals surface area contributed by atoms with Gasteiger partial charge < -0.3 is 16.8 Å². The largest absolute Gasteiger partial charge is 0.382 e. The highest BCUT2D eigenvalue weighted by Crippen LogP contribution is 2.26. The Morgan fingerprint density at radius 3 is 2.50 bits per heavy atom. The standard InChI is InChI=1S/C14H21N3O/c15-9-11-3-1-2-4-13(11)17-12-7-5-10(6-8-12)14(16)18/h5-8,11,13,17H,1-4,9,15H2,(H2,16,18). The second kappa shape index (κ2) is 5.87. The molecule has 1 aromatic carbocycles. The number of carbonyl (C=O) groups excluding carboxylic acids is 1. The molecule has 1 saturated carbocycles. The van der Waals surface area contributed by atoms with E-state index in [0.717, 1.165) is 12.2 Å². The molecule has 2 unspecified atom stereocenters. The number of primary amides is 1. The Balaban J connectivity index is 2.01. The Labute approximate surface area is 108 Å². The highest BCUT2D eigenvalue weighted by atomic mass is 16.1. The van der Waals surface area contributed by atoms with Gasteiger partial charge in [0, 0.05) is 17.3 Å². The molecule has 18 heavy (non-hydrogen) atoms. The first-order chi connectivity index (χ1) is 8.70. The van der Waals surface area contributed by atoms with Gasteiger partial charge in [0.2, 0.25) is 5.91 Å². The van der Waals surface area contributed by atoms with Gasteiger partial charge in [-0.25, -0.2) is 0 Å². The highest BCUT2D eigenvalue weighted by Gasteiger charge is 2.23. The first-order valence-electron chi connectivity index (χ1n) is 6.57. The van der Waals surface area contributed by atoms with Crippen LogP contribution in [0, 0.1) is 5.92 Å². The van der Waals surface area contributed by atoms with Crippen molar-refractivity contribution in [1.82, 2.24) is 0 Å². The number of amides is 1. The minimum absolute atomic E-state index is 0.390. The average molecular weight is 247 g/mol. The van der Waals surface area contributed by atoms with E-state index in [0.29, 0.717) is 17.5 Å². The van der Waals surface area contributed by atoms with E-state index in [9.17, 15) is 4.79 Å². The van der Waals surface area contributed by atoms with Crippen LogP contribution in [0.4, 0.5) is 5.69 Å². The van der Waals surface area contributed by atoms with Crippen LogP contribution in [0.15, 0.2) is 24.3 Å². The fourth-order valence-corrected chi connectivity index (χ4v) is 2.62. The van der Waals surface area contributed by atoms with Crippen molar-refractivity contribution in [3.05, 3.63) is 29.8 Å². The number of hydrogen-bond acceptors (Lipinski definition) is 3. The van der Waals surface area contributed by atoms with Crippen LogP contribution in [-0.2, 0) is 0 Å². The van der Waals surface area contributed by atoms with Crippen molar-refractivity contribution in [3.8, 4) is 0 Å². The summed E-state index contributed by atoms with van der Waals surface area (Å²) in [5.41, 5.74) is 12.6. The zero-order chi connectivity index (χ0) is 13.0. The van der Waals surface area contributed by atoms with Gasteiger partial charge in [0.1, 0.15) is 0 Å². The Morgan fingerprint density at radius 2 is 1.89 bits per heavy atom. The summed E-state index contributed by atoms with van der Waals surface area (Å²) in [6.45, 7) is 0.733. The number of nitrogens with one attached hydrogen (secondary N) is 1. The molecule has 4 heteroatoms. The van der Waals surface area contributed by atoms with E-state index in [1.54, 1.807) is 12.1 Å². The minimum Gasteiger partial charge on any atom is -0.382 e. The molecule has 1 aliphatic rings. The third-order valence-corrected chi connectivity index (χ3v) is 3.73. The molecule has 1 aromatic rings. The fourth-order valence-electron chi connectivity index (χ4n) is 2.62. The first-order valence-corrected chi connectivity index (χ1v) is 6.57. The zero-order valence-electron chi connectivity index (χ0n) is 10.6. The Kier molecular flexibility index (Phi) is 4.20. The van der Waals surface area contributed by atoms with Gasteiger partial charge in [0.25, 0.3) is 0 Å². The van der Waals surface area contributed by atoms with Crippen LogP contribution in [0.25, 0.3) is 0 Å². The number of carbonyl (C=O) groups is 1. The molecule has 2 rings (SSSR count). The molecule has 1 aliphatic carbocycles. The lowest BCUT2D eigenvalue weighted by Gasteiger charge is -2.32. The molecule has 0 saturated heterocycles. The van der Waals surface area contributed by atoms with Crippen molar-refractivity contribution < 1.29 is 4.79 Å². The number of rotatable bonds is 4. The lowest BCUT2D eigenvalue weighted by molar-refractivity contribution is 0.100. The van der Waals surface area contributed by atoms with Crippen LogP contribution < -0.4 is 16.8 Å². The Morgan fingerprint density at radius 1 is 1.22 bits per heavy atom. The van der Waals surface area contributed by atoms with Gasteiger partial charge >= 0.3 is 0 Å². The average Bonchev–Trinajstić information content (AvgIpc) is 2.40. The summed E-state index contributed by atoms with van der Waals surface area (Å²) in [6.07, 6.45) is 4.90. The van der Waals surface area contributed by atoms with Gasteiger partial charge in [0.15, 0.2) is 0 Å². The molecule has 0 aromatic heterocycles. The summed E-state index contributed by atoms with van der Waals surface area (Å²) in [5.74, 6) is 0.161. The van der Waals surface area contributed by atoms with Crippen LogP contribution in [0.3, 0.4) is 0 Å². The van der Waals surface area contributed by atoms with Crippen LogP contribution in [0.2, 0.25) is 0 Å². The smallest absolute Gasteiger partial charge is 0.248 e. The lowest BCUT2D eigenvalue weighted by Crippen LogP contribution is -2.36. The first kappa shape index (κ1) is 12.9. The Hall–Kier alpha value is -1.55. The van der Waals surface area contributed by atoms with E-state index >= 15 is 0 Å². The number of benzene rings is 1. The Bertz CT molecular complexity index is 402. The predicted molar refractivity (Wildman–Crippen MR) is 73.4 cm³/mol. The van der Waals surface area contributed by atoms with Crippen molar-refractivity contribution in [2.75, 3.05) is 11.9 Å². The summed E-state index contributed by atoms with van der Waals surface area (Å²) in [7, 11) is 0. The number of hydrogen-bond donors (Lipinski definition) is 3. The summed E-state index contributed by atoms with van der Waals surface area (Å²) in [4.78, 5) is 11.0. The summed E-state index contributed by atoms with van der Waals surface area (Å²) >= 11 is 0. The molecule has 5 N–H and O–H groups in total. The maximum absolute atomic E-state index is 11.0. The van der Waals surface area contributed by atoms with E-state index in [1.807, 2.05) is 12.1 Å². The summed E-state index contributed by atoms with van der Waals surface area (Å²) in [6, 6.07) is 7.77. The van der Waals surface area contributed by atoms with Gasteiger partial charge in [-0.05, 0) is 49.6 Å². The zero-order valence-corrected chi connectivity index (χ0v) is 10.6. The topological polar surface area (TPSA) is 81.1 Å². The van der Waals surface area contributed by atoms with Gasteiger partial charge in [-0.2, -0.15) is 0 Å². The molecule has 1 fully saturated rings. The second-order valence-corrected chi connectivity index (χ2v) is 4.97. The van der Waals surface area contributed by atoms with E-state index in [2.05, 4.69) is 5.32 Å². The van der Waals surface area contributed by atoms with Crippen molar-refractivity contribution in [2.24, 2.45) is 17.4 Å². The number of anilines is 1. The van der Waals surface area contributed by atoms with E-state index < -0.39 is 0 Å². The third kappa shape index (κ3) is 3.01. The van der Waals surface area contributed by atoms with Crippen LogP contribution in [0.5, 0.6) is 0 Å². The van der Waals surface area contributed by atoms with Gasteiger partial charge in [-0.15, -0.1) is 0 Å². The monoisotopic (exact) mass is 247 g/mol. The van der Waals surface area contributed by atoms with Crippen molar-refractivity contribution in [1.29, 1.82) is 0 Å². The summed E-state index contributed by atoms with van der Waals surface area (Å²) in [5, 5.41) is 3.52. The van der Waals surface area contributed by atoms with Gasteiger partial charge in [-0.3, -0.25) is 4.79 Å². The highest BCUT2D eigenvalue weighted by molar-refractivity contribution is 5.93. The van der Waals surface area contributed by atoms with Crippen LogP contribution in [0.1, 0.15) is 36.0 Å². The summed E-state index contributed by atoms with van der Waals surface area (Å²) < 4.78 is 0. The minimum atomic E-state index is -0.390. The van der Waals surface area contributed by atoms with Crippen molar-refractivity contribution >= 4 is 11.6 Å². The van der Waals surface area contributed by atoms with E-state index in [1.165, 1.54) is 25.7 Å². The maximum atomic E-state index is 11.0. The molecule has 0 heterocycles. The maximum Gasteiger partial charge on any atom is 0.248 e. The molecular formula is C14H21N3O. The van der Waals surface area contributed by atoms with Gasteiger partial charge in [0.05, 0.1) is 0 Å². The molecule has 0 aliphatic heterocycles. The predicted octanol–water partition coefficient (Wildman–Crippen LogP) is 1.71. The molecule has 1 amide bonds. The van der Waals surface area contributed by atoms with Crippen molar-refractivity contribution in [3.63, 3.8) is 0 Å². The second-order valence-electron chi connectivity index (χ2n) is 4.97. The normalized spacial score (nSPS) is 23.6.